The van der Waals surface area contributed by atoms with Crippen molar-refractivity contribution in [3.05, 3.63) is 0 Å². The summed E-state index contributed by atoms with van der Waals surface area (Å²) < 4.78 is 0. The quantitative estimate of drug-likeness (QED) is 0.667. The summed E-state index contributed by atoms with van der Waals surface area (Å²) in [5, 5.41) is 3.56. The molecule has 0 radical (unpaired) electrons. The molecule has 0 aromatic carbocycles. The van der Waals surface area contributed by atoms with E-state index in [9.17, 15) is 0 Å². The molecular formula is C11H23N. The molecular weight excluding hydrogens is 146 g/mol. The van der Waals surface area contributed by atoms with E-state index in [1.54, 1.807) is 0 Å². The highest BCUT2D eigenvalue weighted by atomic mass is 14.9. The average molecular weight is 169 g/mol. The van der Waals surface area contributed by atoms with Gasteiger partial charge in [0.1, 0.15) is 0 Å². The highest BCUT2D eigenvalue weighted by Gasteiger charge is 2.14. The van der Waals surface area contributed by atoms with Crippen molar-refractivity contribution in [2.24, 2.45) is 5.92 Å². The zero-order valence-corrected chi connectivity index (χ0v) is 8.60. The minimum atomic E-state index is 0.852. The Bertz CT molecular complexity index is 99.6. The lowest BCUT2D eigenvalue weighted by molar-refractivity contribution is 0.404. The minimum Gasteiger partial charge on any atom is -0.314 e. The molecule has 1 atom stereocenters. The number of hydrogen-bond donors (Lipinski definition) is 1. The molecule has 0 amide bonds. The van der Waals surface area contributed by atoms with E-state index in [-0.39, 0.29) is 0 Å². The van der Waals surface area contributed by atoms with Crippen molar-refractivity contribution in [1.29, 1.82) is 0 Å². The third-order valence-electron chi connectivity index (χ3n) is 3.24. The predicted octanol–water partition coefficient (Wildman–Crippen LogP) is 2.95. The van der Waals surface area contributed by atoms with E-state index in [1.807, 2.05) is 0 Å². The van der Waals surface area contributed by atoms with Gasteiger partial charge in [0, 0.05) is 6.04 Å². The van der Waals surface area contributed by atoms with Gasteiger partial charge in [-0.05, 0) is 38.1 Å². The Balaban J connectivity index is 2.06. The molecule has 1 fully saturated rings. The second-order valence-electron chi connectivity index (χ2n) is 4.05. The molecule has 1 heterocycles. The van der Waals surface area contributed by atoms with Gasteiger partial charge in [0.2, 0.25) is 0 Å². The van der Waals surface area contributed by atoms with Gasteiger partial charge in [-0.25, -0.2) is 0 Å². The minimum absolute atomic E-state index is 0.852. The fourth-order valence-corrected chi connectivity index (χ4v) is 2.14. The average Bonchev–Trinajstić information content (AvgIpc) is 2.59. The molecule has 0 aromatic heterocycles. The van der Waals surface area contributed by atoms with Crippen LogP contribution in [0.5, 0.6) is 0 Å². The van der Waals surface area contributed by atoms with Crippen molar-refractivity contribution in [3.8, 4) is 0 Å². The van der Waals surface area contributed by atoms with E-state index in [2.05, 4.69) is 19.2 Å². The van der Waals surface area contributed by atoms with Crippen LogP contribution in [0.3, 0.4) is 0 Å². The Labute approximate surface area is 76.9 Å². The summed E-state index contributed by atoms with van der Waals surface area (Å²) in [5.41, 5.74) is 0. The van der Waals surface area contributed by atoms with Gasteiger partial charge in [0.15, 0.2) is 0 Å². The van der Waals surface area contributed by atoms with Gasteiger partial charge >= 0.3 is 0 Å². The molecule has 0 bridgehead atoms. The van der Waals surface area contributed by atoms with Gasteiger partial charge in [-0.3, -0.25) is 0 Å². The van der Waals surface area contributed by atoms with E-state index in [0.29, 0.717) is 0 Å². The van der Waals surface area contributed by atoms with Gasteiger partial charge in [-0.15, -0.1) is 0 Å². The van der Waals surface area contributed by atoms with Gasteiger partial charge in [-0.1, -0.05) is 26.7 Å². The van der Waals surface area contributed by atoms with Crippen molar-refractivity contribution in [3.63, 3.8) is 0 Å². The van der Waals surface area contributed by atoms with Crippen molar-refractivity contribution in [2.75, 3.05) is 6.54 Å². The Hall–Kier alpha value is -0.0400. The van der Waals surface area contributed by atoms with Crippen molar-refractivity contribution >= 4 is 0 Å². The molecule has 1 aliphatic heterocycles. The molecule has 1 aliphatic rings. The molecule has 1 rings (SSSR count). The Morgan fingerprint density at radius 1 is 1.33 bits per heavy atom. The zero-order valence-electron chi connectivity index (χ0n) is 8.60. The highest BCUT2D eigenvalue weighted by Crippen LogP contribution is 2.19. The van der Waals surface area contributed by atoms with Crippen LogP contribution in [-0.4, -0.2) is 12.6 Å². The Morgan fingerprint density at radius 2 is 2.08 bits per heavy atom. The molecule has 1 saturated heterocycles. The van der Waals surface area contributed by atoms with Crippen molar-refractivity contribution in [2.45, 2.75) is 58.4 Å². The van der Waals surface area contributed by atoms with Crippen LogP contribution >= 0.6 is 0 Å². The molecule has 1 unspecified atom stereocenters. The molecule has 0 spiro atoms. The first-order chi connectivity index (χ1) is 5.86. The van der Waals surface area contributed by atoms with Gasteiger partial charge in [0.25, 0.3) is 0 Å². The zero-order chi connectivity index (χ0) is 8.81. The standard InChI is InChI=1S/C11H23N/c1-3-10(4-2)7-8-11-6-5-9-12-11/h10-12H,3-9H2,1-2H3. The Morgan fingerprint density at radius 3 is 2.58 bits per heavy atom. The summed E-state index contributed by atoms with van der Waals surface area (Å²) >= 11 is 0. The summed E-state index contributed by atoms with van der Waals surface area (Å²) in [6.45, 7) is 5.89. The summed E-state index contributed by atoms with van der Waals surface area (Å²) in [6, 6.07) is 0.852. The van der Waals surface area contributed by atoms with E-state index in [0.717, 1.165) is 12.0 Å². The first kappa shape index (κ1) is 10.0. The van der Waals surface area contributed by atoms with Crippen LogP contribution in [0.15, 0.2) is 0 Å². The summed E-state index contributed by atoms with van der Waals surface area (Å²) in [6.07, 6.45) is 8.39. The van der Waals surface area contributed by atoms with E-state index < -0.39 is 0 Å². The van der Waals surface area contributed by atoms with E-state index >= 15 is 0 Å². The van der Waals surface area contributed by atoms with Crippen LogP contribution in [0.1, 0.15) is 52.4 Å². The fourth-order valence-electron chi connectivity index (χ4n) is 2.14. The maximum Gasteiger partial charge on any atom is 0.00676 e. The lowest BCUT2D eigenvalue weighted by atomic mass is 9.95. The van der Waals surface area contributed by atoms with Crippen LogP contribution < -0.4 is 5.32 Å². The smallest absolute Gasteiger partial charge is 0.00676 e. The van der Waals surface area contributed by atoms with Crippen LogP contribution in [0.25, 0.3) is 0 Å². The molecule has 0 saturated carbocycles. The maximum absolute atomic E-state index is 3.56. The molecule has 0 aromatic rings. The van der Waals surface area contributed by atoms with Crippen molar-refractivity contribution < 1.29 is 0 Å². The SMILES string of the molecule is CCC(CC)CCC1CCCN1. The number of hydrogen-bond acceptors (Lipinski definition) is 1. The number of nitrogens with one attached hydrogen (secondary N) is 1. The molecule has 72 valence electrons. The van der Waals surface area contributed by atoms with E-state index in [1.165, 1.54) is 45.1 Å². The fraction of sp³-hybridized carbons (Fsp3) is 1.00. The Kier molecular flexibility index (Phi) is 4.67. The van der Waals surface area contributed by atoms with E-state index in [4.69, 9.17) is 0 Å². The molecule has 0 aliphatic carbocycles. The molecule has 1 N–H and O–H groups in total. The maximum atomic E-state index is 3.56. The van der Waals surface area contributed by atoms with Gasteiger partial charge in [0.05, 0.1) is 0 Å². The largest absolute Gasteiger partial charge is 0.314 e. The monoisotopic (exact) mass is 169 g/mol. The lowest BCUT2D eigenvalue weighted by Crippen LogP contribution is -2.21. The van der Waals surface area contributed by atoms with Gasteiger partial charge in [-0.2, -0.15) is 0 Å². The second kappa shape index (κ2) is 5.58. The predicted molar refractivity (Wildman–Crippen MR) is 54.3 cm³/mol. The van der Waals surface area contributed by atoms with Crippen LogP contribution in [0, 0.1) is 5.92 Å². The third kappa shape index (κ3) is 3.14. The topological polar surface area (TPSA) is 12.0 Å². The second-order valence-corrected chi connectivity index (χ2v) is 4.05. The first-order valence-electron chi connectivity index (χ1n) is 5.60. The van der Waals surface area contributed by atoms with Crippen LogP contribution in [0.4, 0.5) is 0 Å². The summed E-state index contributed by atoms with van der Waals surface area (Å²) in [7, 11) is 0. The lowest BCUT2D eigenvalue weighted by Gasteiger charge is -2.15. The van der Waals surface area contributed by atoms with Gasteiger partial charge < -0.3 is 5.32 Å². The van der Waals surface area contributed by atoms with Crippen molar-refractivity contribution in [1.82, 2.24) is 5.32 Å². The summed E-state index contributed by atoms with van der Waals surface area (Å²) in [4.78, 5) is 0. The van der Waals surface area contributed by atoms with Crippen LogP contribution in [0.2, 0.25) is 0 Å². The molecule has 1 nitrogen and oxygen atoms in total. The normalized spacial score (nSPS) is 23.8. The molecule has 1 heteroatoms. The summed E-state index contributed by atoms with van der Waals surface area (Å²) in [5.74, 6) is 0.979. The van der Waals surface area contributed by atoms with Crippen LogP contribution in [-0.2, 0) is 0 Å². The number of rotatable bonds is 5. The molecule has 12 heavy (non-hydrogen) atoms. The first-order valence-corrected chi connectivity index (χ1v) is 5.60. The highest BCUT2D eigenvalue weighted by molar-refractivity contribution is 4.74. The third-order valence-corrected chi connectivity index (χ3v) is 3.24.